The minimum atomic E-state index is -0.380. The van der Waals surface area contributed by atoms with Gasteiger partial charge in [0.1, 0.15) is 0 Å². The van der Waals surface area contributed by atoms with Crippen LogP contribution in [0.15, 0.2) is 33.8 Å². The van der Waals surface area contributed by atoms with Crippen LogP contribution in [0.5, 0.6) is 0 Å². The second-order valence-electron chi connectivity index (χ2n) is 10.8. The summed E-state index contributed by atoms with van der Waals surface area (Å²) in [4.78, 5) is 26.0. The summed E-state index contributed by atoms with van der Waals surface area (Å²) in [5.74, 6) is 5.67. The van der Waals surface area contributed by atoms with E-state index in [0.29, 0.717) is 22.7 Å². The molecule has 1 spiro atoms. The van der Waals surface area contributed by atoms with Crippen LogP contribution in [0, 0.1) is 52.8 Å². The van der Waals surface area contributed by atoms with Crippen molar-refractivity contribution in [3.63, 3.8) is 0 Å². The van der Waals surface area contributed by atoms with Crippen LogP contribution in [0.25, 0.3) is 0 Å². The number of hydrogen-bond acceptors (Lipinski definition) is 4. The highest BCUT2D eigenvalue weighted by atomic mass is 32.2. The lowest BCUT2D eigenvalue weighted by atomic mass is 9.28. The van der Waals surface area contributed by atoms with Gasteiger partial charge in [-0.1, -0.05) is 6.08 Å². The fourth-order valence-corrected chi connectivity index (χ4v) is 11.7. The Labute approximate surface area is 169 Å². The van der Waals surface area contributed by atoms with Crippen LogP contribution in [0.1, 0.15) is 39.0 Å². The lowest BCUT2D eigenvalue weighted by molar-refractivity contribution is -0.253. The summed E-state index contributed by atoms with van der Waals surface area (Å²) in [6.45, 7) is 2.03. The summed E-state index contributed by atoms with van der Waals surface area (Å²) in [5, 5.41) is 2.54. The van der Waals surface area contributed by atoms with E-state index in [-0.39, 0.29) is 17.4 Å². The number of esters is 2. The van der Waals surface area contributed by atoms with Crippen molar-refractivity contribution >= 4 is 23.7 Å². The molecule has 0 aromatic heterocycles. The van der Waals surface area contributed by atoms with E-state index in [1.54, 1.807) is 0 Å². The largest absolute Gasteiger partial charge is 0.386 e. The van der Waals surface area contributed by atoms with Gasteiger partial charge in [0.05, 0.1) is 11.1 Å². The third kappa shape index (κ3) is 1.37. The van der Waals surface area contributed by atoms with E-state index in [1.165, 1.54) is 37.7 Å². The Kier molecular flexibility index (Phi) is 2.53. The normalized spacial score (nSPS) is 56.4. The summed E-state index contributed by atoms with van der Waals surface area (Å²) in [5.41, 5.74) is 3.63. The number of allylic oxidation sites excluding steroid dienone is 1. The fourth-order valence-electron chi connectivity index (χ4n) is 10.3. The Hall–Kier alpha value is -1.29. The average molecular weight is 393 g/mol. The molecule has 0 N–H and O–H groups in total. The highest BCUT2D eigenvalue weighted by Crippen LogP contribution is 2.80. The second kappa shape index (κ2) is 4.55. The van der Waals surface area contributed by atoms with E-state index in [2.05, 4.69) is 11.5 Å². The molecular weight excluding hydrogens is 368 g/mol. The summed E-state index contributed by atoms with van der Waals surface area (Å²) in [7, 11) is 0. The summed E-state index contributed by atoms with van der Waals surface area (Å²) in [6.07, 6.45) is 9.01. The topological polar surface area (TPSA) is 43.4 Å². The SMILES string of the molecule is CC1=C2C=CS[C@H]2[C@]2(C3=C1C(=O)OC3=O)C1C3CC4CC1[C@@H]1C[C@@H]2C[C@H]3C1C4. The minimum Gasteiger partial charge on any atom is -0.386 e. The second-order valence-corrected chi connectivity index (χ2v) is 11.9. The maximum Gasteiger partial charge on any atom is 0.346 e. The van der Waals surface area contributed by atoms with Gasteiger partial charge in [0, 0.05) is 10.7 Å². The van der Waals surface area contributed by atoms with E-state index in [4.69, 9.17) is 4.74 Å². The Morgan fingerprint density at radius 3 is 2.39 bits per heavy atom. The summed E-state index contributed by atoms with van der Waals surface area (Å²) in [6, 6.07) is 0. The number of rotatable bonds is 0. The zero-order valence-corrected chi connectivity index (χ0v) is 16.8. The first-order chi connectivity index (χ1) is 13.6. The lowest BCUT2D eigenvalue weighted by Gasteiger charge is -2.76. The van der Waals surface area contributed by atoms with Gasteiger partial charge in [0.15, 0.2) is 0 Å². The molecule has 2 heterocycles. The highest BCUT2D eigenvalue weighted by Gasteiger charge is 2.76. The molecule has 2 aliphatic heterocycles. The molecule has 3 nitrogen and oxygen atoms in total. The molecule has 7 fully saturated rings. The maximum absolute atomic E-state index is 13.2. The van der Waals surface area contributed by atoms with Crippen molar-refractivity contribution < 1.29 is 14.3 Å². The van der Waals surface area contributed by atoms with Crippen LogP contribution >= 0.6 is 11.8 Å². The quantitative estimate of drug-likeness (QED) is 0.456. The standard InChI is InChI=1S/C24H24O3S/c1-9-12-2-3-28-21(12)24(20-18(9)22(25)27-23(20)26)11-7-14-13-4-10-5-16(14)19(24)17(6-10)15(13)8-11/h2-3,10-11,13-17,19,21H,4-8H2,1H3/t10?,11-,13?,14-,15+,16?,17?,19?,21-,24+/m1/s1. The third-order valence-electron chi connectivity index (χ3n) is 10.5. The number of thioether (sulfide) groups is 1. The first-order valence-corrected chi connectivity index (χ1v) is 12.1. The summed E-state index contributed by atoms with van der Waals surface area (Å²) >= 11 is 1.92. The van der Waals surface area contributed by atoms with Gasteiger partial charge in [-0.05, 0) is 103 Å². The molecule has 10 aliphatic rings. The molecule has 8 bridgehead atoms. The van der Waals surface area contributed by atoms with Crippen LogP contribution in [-0.4, -0.2) is 17.2 Å². The minimum absolute atomic E-state index is 0.156. The zero-order chi connectivity index (χ0) is 18.5. The number of cyclic esters (lactones) is 2. The van der Waals surface area contributed by atoms with Crippen molar-refractivity contribution in [1.29, 1.82) is 0 Å². The van der Waals surface area contributed by atoms with Crippen molar-refractivity contribution in [3.05, 3.63) is 33.8 Å². The molecule has 7 saturated carbocycles. The van der Waals surface area contributed by atoms with Crippen molar-refractivity contribution in [1.82, 2.24) is 0 Å². The van der Waals surface area contributed by atoms with Gasteiger partial charge >= 0.3 is 11.9 Å². The number of carbonyl (C=O) groups excluding carboxylic acids is 2. The van der Waals surface area contributed by atoms with Gasteiger partial charge in [0.2, 0.25) is 0 Å². The average Bonchev–Trinajstić information content (AvgIpc) is 3.29. The monoisotopic (exact) mass is 392 g/mol. The maximum atomic E-state index is 13.2. The first-order valence-electron chi connectivity index (χ1n) is 11.1. The van der Waals surface area contributed by atoms with Crippen LogP contribution in [0.3, 0.4) is 0 Å². The van der Waals surface area contributed by atoms with Crippen molar-refractivity contribution in [2.24, 2.45) is 52.8 Å². The number of ether oxygens (including phenoxy) is 1. The Morgan fingerprint density at radius 2 is 1.64 bits per heavy atom. The molecule has 144 valence electrons. The van der Waals surface area contributed by atoms with Gasteiger partial charge in [-0.15, -0.1) is 11.8 Å². The van der Waals surface area contributed by atoms with Gasteiger partial charge < -0.3 is 4.74 Å². The van der Waals surface area contributed by atoms with E-state index in [0.717, 1.165) is 46.7 Å². The molecule has 8 aliphatic carbocycles. The van der Waals surface area contributed by atoms with Crippen LogP contribution in [0.4, 0.5) is 0 Å². The van der Waals surface area contributed by atoms with Crippen molar-refractivity contribution in [2.45, 2.75) is 44.3 Å². The Bertz CT molecular complexity index is 964. The molecular formula is C24H24O3S. The molecule has 0 radical (unpaired) electrons. The molecule has 10 atom stereocenters. The predicted molar refractivity (Wildman–Crippen MR) is 105 cm³/mol. The van der Waals surface area contributed by atoms with Crippen molar-refractivity contribution in [2.75, 3.05) is 0 Å². The molecule has 4 heteroatoms. The predicted octanol–water partition coefficient (Wildman–Crippen LogP) is 4.26. The van der Waals surface area contributed by atoms with Crippen LogP contribution < -0.4 is 0 Å². The number of carbonyl (C=O) groups is 2. The molecule has 0 aromatic rings. The van der Waals surface area contributed by atoms with E-state index < -0.39 is 0 Å². The first kappa shape index (κ1) is 15.5. The third-order valence-corrected chi connectivity index (χ3v) is 11.8. The molecule has 5 unspecified atom stereocenters. The van der Waals surface area contributed by atoms with Gasteiger partial charge in [-0.25, -0.2) is 9.59 Å². The number of fused-ring (bicyclic) bond motifs is 1. The molecule has 0 aromatic carbocycles. The zero-order valence-electron chi connectivity index (χ0n) is 16.0. The van der Waals surface area contributed by atoms with Gasteiger partial charge in [-0.3, -0.25) is 0 Å². The summed E-state index contributed by atoms with van der Waals surface area (Å²) < 4.78 is 5.31. The van der Waals surface area contributed by atoms with Gasteiger partial charge in [-0.2, -0.15) is 0 Å². The molecule has 0 amide bonds. The Morgan fingerprint density at radius 1 is 0.964 bits per heavy atom. The fraction of sp³-hybridized carbons (Fsp3) is 0.667. The highest BCUT2D eigenvalue weighted by molar-refractivity contribution is 8.03. The van der Waals surface area contributed by atoms with E-state index in [1.807, 2.05) is 18.7 Å². The van der Waals surface area contributed by atoms with E-state index in [9.17, 15) is 9.59 Å². The van der Waals surface area contributed by atoms with Crippen LogP contribution in [0.2, 0.25) is 0 Å². The smallest absolute Gasteiger partial charge is 0.346 e. The number of hydrogen-bond donors (Lipinski definition) is 0. The van der Waals surface area contributed by atoms with Crippen molar-refractivity contribution in [3.8, 4) is 0 Å². The molecule has 10 rings (SSSR count). The van der Waals surface area contributed by atoms with Crippen LogP contribution in [-0.2, 0) is 14.3 Å². The molecule has 0 saturated heterocycles. The lowest BCUT2D eigenvalue weighted by Crippen LogP contribution is -2.72. The van der Waals surface area contributed by atoms with Gasteiger partial charge in [0.25, 0.3) is 0 Å². The van der Waals surface area contributed by atoms with E-state index >= 15 is 0 Å². The molecule has 28 heavy (non-hydrogen) atoms. The Balaban J connectivity index is 1.44.